The molecule has 8 heteroatoms. The number of carboxylic acids is 1. The Balaban J connectivity index is 1.75. The number of carbonyl (C=O) groups excluding carboxylic acids is 2. The third-order valence-electron chi connectivity index (χ3n) is 4.70. The molecule has 26 heavy (non-hydrogen) atoms. The molecule has 0 spiro atoms. The highest BCUT2D eigenvalue weighted by atomic mass is 16.4. The number of likely N-dealkylation sites (tertiary alicyclic amines) is 1. The summed E-state index contributed by atoms with van der Waals surface area (Å²) in [7, 11) is 0. The average molecular weight is 359 g/mol. The topological polar surface area (TPSA) is 123 Å². The fraction of sp³-hybridized carbons (Fsp3) is 0.389. The zero-order valence-corrected chi connectivity index (χ0v) is 14.3. The first-order valence-corrected chi connectivity index (χ1v) is 8.40. The van der Waals surface area contributed by atoms with Crippen LogP contribution in [0.5, 0.6) is 0 Å². The van der Waals surface area contributed by atoms with Gasteiger partial charge in [-0.2, -0.15) is 0 Å². The summed E-state index contributed by atoms with van der Waals surface area (Å²) in [4.78, 5) is 40.2. The van der Waals surface area contributed by atoms with E-state index in [0.29, 0.717) is 0 Å². The van der Waals surface area contributed by atoms with E-state index in [1.807, 2.05) is 24.3 Å². The lowest BCUT2D eigenvalue weighted by Gasteiger charge is -2.24. The lowest BCUT2D eigenvalue weighted by molar-refractivity contribution is -0.143. The number of carboxylic acid groups (broad SMARTS) is 1. The van der Waals surface area contributed by atoms with Gasteiger partial charge in [-0.1, -0.05) is 18.2 Å². The summed E-state index contributed by atoms with van der Waals surface area (Å²) in [5.74, 6) is -2.05. The van der Waals surface area contributed by atoms with Crippen molar-refractivity contribution < 1.29 is 24.6 Å². The summed E-state index contributed by atoms with van der Waals surface area (Å²) >= 11 is 0. The molecule has 1 unspecified atom stereocenters. The molecule has 1 aromatic carbocycles. The fourth-order valence-electron chi connectivity index (χ4n) is 3.40. The number of fused-ring (bicyclic) bond motifs is 1. The Bertz CT molecular complexity index is 846. The number of H-pyrrole nitrogens is 1. The van der Waals surface area contributed by atoms with E-state index in [-0.39, 0.29) is 25.3 Å². The molecular weight excluding hydrogens is 338 g/mol. The molecule has 0 bridgehead atoms. The molecular formula is C18H21N3O5. The van der Waals surface area contributed by atoms with Gasteiger partial charge >= 0.3 is 5.97 Å². The van der Waals surface area contributed by atoms with Gasteiger partial charge in [-0.3, -0.25) is 9.59 Å². The number of para-hydroxylation sites is 1. The lowest BCUT2D eigenvalue weighted by atomic mass is 10.0. The molecule has 4 N–H and O–H groups in total. The van der Waals surface area contributed by atoms with Crippen LogP contribution in [0.25, 0.3) is 10.9 Å². The number of nitrogens with one attached hydrogen (secondary N) is 2. The smallest absolute Gasteiger partial charge is 0.326 e. The van der Waals surface area contributed by atoms with Crippen molar-refractivity contribution in [1.82, 2.24) is 15.2 Å². The van der Waals surface area contributed by atoms with E-state index in [1.54, 1.807) is 6.20 Å². The van der Waals surface area contributed by atoms with Gasteiger partial charge in [-0.25, -0.2) is 4.79 Å². The minimum atomic E-state index is -1.16. The summed E-state index contributed by atoms with van der Waals surface area (Å²) in [6.45, 7) is 1.40. The average Bonchev–Trinajstić information content (AvgIpc) is 3.18. The maximum atomic E-state index is 12.5. The van der Waals surface area contributed by atoms with Crippen LogP contribution in [0.3, 0.4) is 0 Å². The molecule has 2 aromatic rings. The van der Waals surface area contributed by atoms with Crippen LogP contribution < -0.4 is 5.32 Å². The largest absolute Gasteiger partial charge is 0.480 e. The van der Waals surface area contributed by atoms with E-state index < -0.39 is 30.1 Å². The van der Waals surface area contributed by atoms with Crippen LogP contribution in [0.4, 0.5) is 0 Å². The number of nitrogens with zero attached hydrogens (tertiary/aromatic N) is 1. The highest BCUT2D eigenvalue weighted by Gasteiger charge is 2.38. The summed E-state index contributed by atoms with van der Waals surface area (Å²) in [6, 6.07) is 5.52. The Morgan fingerprint density at radius 1 is 1.35 bits per heavy atom. The number of rotatable bonds is 5. The van der Waals surface area contributed by atoms with Crippen LogP contribution in [0.1, 0.15) is 18.9 Å². The number of benzene rings is 1. The summed E-state index contributed by atoms with van der Waals surface area (Å²) < 4.78 is 0. The van der Waals surface area contributed by atoms with Crippen molar-refractivity contribution in [3.8, 4) is 0 Å². The fourth-order valence-corrected chi connectivity index (χ4v) is 3.40. The van der Waals surface area contributed by atoms with Crippen LogP contribution in [-0.4, -0.2) is 62.6 Å². The number of aliphatic hydroxyl groups is 1. The molecule has 1 saturated heterocycles. The number of hydrogen-bond donors (Lipinski definition) is 4. The van der Waals surface area contributed by atoms with Crippen molar-refractivity contribution in [1.29, 1.82) is 0 Å². The number of aliphatic carboxylic acids is 1. The van der Waals surface area contributed by atoms with E-state index in [4.69, 9.17) is 0 Å². The van der Waals surface area contributed by atoms with Gasteiger partial charge in [0.05, 0.1) is 6.10 Å². The quantitative estimate of drug-likeness (QED) is 0.610. The Hall–Kier alpha value is -2.87. The molecule has 1 aliphatic heterocycles. The zero-order chi connectivity index (χ0) is 18.8. The van der Waals surface area contributed by atoms with Gasteiger partial charge in [0.15, 0.2) is 0 Å². The van der Waals surface area contributed by atoms with Crippen LogP contribution in [-0.2, 0) is 20.8 Å². The minimum Gasteiger partial charge on any atom is -0.480 e. The van der Waals surface area contributed by atoms with Crippen molar-refractivity contribution >= 4 is 28.7 Å². The molecule has 1 aliphatic rings. The molecule has 2 heterocycles. The maximum absolute atomic E-state index is 12.5. The van der Waals surface area contributed by atoms with Crippen LogP contribution in [0.2, 0.25) is 0 Å². The van der Waals surface area contributed by atoms with Gasteiger partial charge in [0.25, 0.3) is 0 Å². The van der Waals surface area contributed by atoms with Crippen LogP contribution in [0, 0.1) is 0 Å². The SMILES string of the molecule is CC(=O)N1CC(O)C[C@H]1C(=O)N[C@@H](Cc1c[nH]c2ccccc12)C(=O)O. The molecule has 1 aromatic heterocycles. The zero-order valence-electron chi connectivity index (χ0n) is 14.3. The first-order chi connectivity index (χ1) is 12.4. The van der Waals surface area contributed by atoms with Crippen molar-refractivity contribution in [3.63, 3.8) is 0 Å². The third kappa shape index (κ3) is 3.55. The van der Waals surface area contributed by atoms with Gasteiger partial charge in [0.2, 0.25) is 11.8 Å². The minimum absolute atomic E-state index is 0.0770. The molecule has 1 fully saturated rings. The number of hydrogen-bond acceptors (Lipinski definition) is 4. The molecule has 3 atom stereocenters. The second-order valence-electron chi connectivity index (χ2n) is 6.54. The number of β-amino-alcohol motifs (C(OH)–C–C–N with tert-alkyl or cyclic N) is 1. The molecule has 0 saturated carbocycles. The van der Waals surface area contributed by atoms with Crippen LogP contribution in [0.15, 0.2) is 30.5 Å². The molecule has 3 rings (SSSR count). The van der Waals surface area contributed by atoms with Crippen molar-refractivity contribution in [3.05, 3.63) is 36.0 Å². The molecule has 138 valence electrons. The molecule has 2 amide bonds. The number of carbonyl (C=O) groups is 3. The van der Waals surface area contributed by atoms with Gasteiger partial charge in [-0.15, -0.1) is 0 Å². The van der Waals surface area contributed by atoms with E-state index in [1.165, 1.54) is 11.8 Å². The lowest BCUT2D eigenvalue weighted by Crippen LogP contribution is -2.51. The van der Waals surface area contributed by atoms with Crippen molar-refractivity contribution in [2.75, 3.05) is 6.54 Å². The molecule has 0 aliphatic carbocycles. The predicted octanol–water partition coefficient (Wildman–Crippen LogP) is 0.262. The second kappa shape index (κ2) is 7.17. The van der Waals surface area contributed by atoms with Crippen molar-refractivity contribution in [2.45, 2.75) is 38.0 Å². The molecule has 8 nitrogen and oxygen atoms in total. The van der Waals surface area contributed by atoms with E-state index in [0.717, 1.165) is 16.5 Å². The number of aliphatic hydroxyl groups excluding tert-OH is 1. The standard InChI is InChI=1S/C18H21N3O5/c1-10(22)21-9-12(23)7-16(21)17(24)20-15(18(25)26)6-11-8-19-14-5-3-2-4-13(11)14/h2-5,8,12,15-16,19,23H,6-7,9H2,1H3,(H,20,24)(H,25,26)/t12?,15-,16-/m0/s1. The van der Waals surface area contributed by atoms with E-state index in [9.17, 15) is 24.6 Å². The summed E-state index contributed by atoms with van der Waals surface area (Å²) in [6.07, 6.45) is 1.16. The maximum Gasteiger partial charge on any atom is 0.326 e. The highest BCUT2D eigenvalue weighted by molar-refractivity contribution is 5.91. The van der Waals surface area contributed by atoms with E-state index >= 15 is 0 Å². The van der Waals surface area contributed by atoms with Crippen molar-refractivity contribution in [2.24, 2.45) is 0 Å². The Kier molecular flexibility index (Phi) is 4.94. The predicted molar refractivity (Wildman–Crippen MR) is 93.4 cm³/mol. The number of aromatic nitrogens is 1. The molecule has 0 radical (unpaired) electrons. The number of amides is 2. The Labute approximate surface area is 149 Å². The van der Waals surface area contributed by atoms with Gasteiger partial charge in [0.1, 0.15) is 12.1 Å². The Morgan fingerprint density at radius 2 is 2.08 bits per heavy atom. The summed E-state index contributed by atoms with van der Waals surface area (Å²) in [5.41, 5.74) is 1.67. The monoisotopic (exact) mass is 359 g/mol. The summed E-state index contributed by atoms with van der Waals surface area (Å²) in [5, 5.41) is 22.7. The Morgan fingerprint density at radius 3 is 2.77 bits per heavy atom. The van der Waals surface area contributed by atoms with Gasteiger partial charge in [0, 0.05) is 43.4 Å². The highest BCUT2D eigenvalue weighted by Crippen LogP contribution is 2.21. The third-order valence-corrected chi connectivity index (χ3v) is 4.70. The first-order valence-electron chi connectivity index (χ1n) is 8.40. The first kappa shape index (κ1) is 17.9. The van der Waals surface area contributed by atoms with Crippen LogP contribution >= 0.6 is 0 Å². The normalized spacial score (nSPS) is 20.9. The second-order valence-corrected chi connectivity index (χ2v) is 6.54. The van der Waals surface area contributed by atoms with Gasteiger partial charge < -0.3 is 25.4 Å². The van der Waals surface area contributed by atoms with E-state index in [2.05, 4.69) is 10.3 Å². The van der Waals surface area contributed by atoms with Gasteiger partial charge in [-0.05, 0) is 11.6 Å². The number of aromatic amines is 1.